The highest BCUT2D eigenvalue weighted by Crippen LogP contribution is 2.26. The fourth-order valence-corrected chi connectivity index (χ4v) is 1.72. The van der Waals surface area contributed by atoms with Gasteiger partial charge in [-0.05, 0) is 38.0 Å². The Morgan fingerprint density at radius 1 is 1.45 bits per heavy atom. The molecule has 110 valence electrons. The predicted molar refractivity (Wildman–Crippen MR) is 77.7 cm³/mol. The minimum atomic E-state index is -0.664. The zero-order valence-corrected chi connectivity index (χ0v) is 12.4. The van der Waals surface area contributed by atoms with Gasteiger partial charge in [-0.1, -0.05) is 17.7 Å². The highest BCUT2D eigenvalue weighted by atomic mass is 35.5. The molecular formula is C14H19ClN2O3. The SMILES string of the molecule is Cc1ccc(Cl)c(OC(C)C(=O)NCCCC(N)=O)c1. The second-order valence-corrected chi connectivity index (χ2v) is 4.96. The Kier molecular flexibility index (Phi) is 6.31. The van der Waals surface area contributed by atoms with Crippen LogP contribution in [-0.2, 0) is 9.59 Å². The van der Waals surface area contributed by atoms with Gasteiger partial charge in [0.15, 0.2) is 6.10 Å². The Bertz CT molecular complexity index is 491. The van der Waals surface area contributed by atoms with Crippen molar-refractivity contribution >= 4 is 23.4 Å². The van der Waals surface area contributed by atoms with Gasteiger partial charge < -0.3 is 15.8 Å². The van der Waals surface area contributed by atoms with Crippen molar-refractivity contribution in [3.8, 4) is 5.75 Å². The molecule has 0 spiro atoms. The molecule has 0 fully saturated rings. The van der Waals surface area contributed by atoms with E-state index in [4.69, 9.17) is 22.1 Å². The molecule has 0 saturated carbocycles. The minimum Gasteiger partial charge on any atom is -0.479 e. The van der Waals surface area contributed by atoms with Crippen molar-refractivity contribution in [3.05, 3.63) is 28.8 Å². The molecule has 20 heavy (non-hydrogen) atoms. The van der Waals surface area contributed by atoms with Crippen molar-refractivity contribution in [1.29, 1.82) is 0 Å². The van der Waals surface area contributed by atoms with Crippen LogP contribution < -0.4 is 15.8 Å². The van der Waals surface area contributed by atoms with Crippen molar-refractivity contribution in [2.45, 2.75) is 32.8 Å². The van der Waals surface area contributed by atoms with Crippen LogP contribution in [0.25, 0.3) is 0 Å². The van der Waals surface area contributed by atoms with Crippen molar-refractivity contribution in [2.75, 3.05) is 6.54 Å². The number of hydrogen-bond donors (Lipinski definition) is 2. The first-order valence-corrected chi connectivity index (χ1v) is 6.76. The van der Waals surface area contributed by atoms with Crippen LogP contribution in [0.5, 0.6) is 5.75 Å². The molecule has 1 unspecified atom stereocenters. The normalized spacial score (nSPS) is 11.8. The summed E-state index contributed by atoms with van der Waals surface area (Å²) in [6.07, 6.45) is 0.0981. The number of aryl methyl sites for hydroxylation is 1. The van der Waals surface area contributed by atoms with E-state index < -0.39 is 6.10 Å². The number of ether oxygens (including phenoxy) is 1. The molecule has 3 N–H and O–H groups in total. The van der Waals surface area contributed by atoms with E-state index in [1.165, 1.54) is 0 Å². The number of carbonyl (C=O) groups is 2. The van der Waals surface area contributed by atoms with Gasteiger partial charge in [0, 0.05) is 13.0 Å². The van der Waals surface area contributed by atoms with Crippen molar-refractivity contribution in [2.24, 2.45) is 5.73 Å². The van der Waals surface area contributed by atoms with Crippen molar-refractivity contribution in [3.63, 3.8) is 0 Å². The third-order valence-electron chi connectivity index (χ3n) is 2.66. The molecular weight excluding hydrogens is 280 g/mol. The first-order chi connectivity index (χ1) is 9.40. The van der Waals surface area contributed by atoms with Gasteiger partial charge >= 0.3 is 0 Å². The molecule has 1 atom stereocenters. The summed E-state index contributed by atoms with van der Waals surface area (Å²) in [6, 6.07) is 5.37. The Labute approximate surface area is 123 Å². The van der Waals surface area contributed by atoms with Gasteiger partial charge in [0.25, 0.3) is 5.91 Å². The van der Waals surface area contributed by atoms with Crippen LogP contribution in [0.2, 0.25) is 5.02 Å². The molecule has 1 aromatic carbocycles. The van der Waals surface area contributed by atoms with Crippen LogP contribution in [0.1, 0.15) is 25.3 Å². The molecule has 1 aromatic rings. The summed E-state index contributed by atoms with van der Waals surface area (Å²) >= 11 is 6.00. The molecule has 1 rings (SSSR count). The molecule has 0 saturated heterocycles. The Morgan fingerprint density at radius 3 is 2.80 bits per heavy atom. The lowest BCUT2D eigenvalue weighted by Gasteiger charge is -2.16. The number of benzene rings is 1. The standard InChI is InChI=1S/C14H19ClN2O3/c1-9-5-6-11(15)12(8-9)20-10(2)14(19)17-7-3-4-13(16)18/h5-6,8,10H,3-4,7H2,1-2H3,(H2,16,18)(H,17,19). The van der Waals surface area contributed by atoms with Crippen molar-refractivity contribution < 1.29 is 14.3 Å². The molecule has 2 amide bonds. The van der Waals surface area contributed by atoms with Gasteiger partial charge in [-0.3, -0.25) is 9.59 Å². The average molecular weight is 299 g/mol. The Hall–Kier alpha value is -1.75. The van der Waals surface area contributed by atoms with Gasteiger partial charge in [0.05, 0.1) is 5.02 Å². The van der Waals surface area contributed by atoms with E-state index in [9.17, 15) is 9.59 Å². The van der Waals surface area contributed by atoms with Gasteiger partial charge in [-0.25, -0.2) is 0 Å². The lowest BCUT2D eigenvalue weighted by molar-refractivity contribution is -0.127. The summed E-state index contributed by atoms with van der Waals surface area (Å²) in [7, 11) is 0. The van der Waals surface area contributed by atoms with E-state index in [-0.39, 0.29) is 18.2 Å². The lowest BCUT2D eigenvalue weighted by Crippen LogP contribution is -2.37. The molecule has 5 nitrogen and oxygen atoms in total. The predicted octanol–water partition coefficient (Wildman–Crippen LogP) is 1.80. The lowest BCUT2D eigenvalue weighted by atomic mass is 10.2. The summed E-state index contributed by atoms with van der Waals surface area (Å²) in [6.45, 7) is 3.94. The number of amides is 2. The number of nitrogens with two attached hydrogens (primary N) is 1. The molecule has 0 aliphatic heterocycles. The van der Waals surface area contributed by atoms with Crippen LogP contribution in [0.15, 0.2) is 18.2 Å². The topological polar surface area (TPSA) is 81.4 Å². The molecule has 0 aromatic heterocycles. The third-order valence-corrected chi connectivity index (χ3v) is 2.97. The second-order valence-electron chi connectivity index (χ2n) is 4.55. The maximum absolute atomic E-state index is 11.8. The van der Waals surface area contributed by atoms with Crippen LogP contribution in [0, 0.1) is 6.92 Å². The summed E-state index contributed by atoms with van der Waals surface area (Å²) < 4.78 is 5.53. The number of hydrogen-bond acceptors (Lipinski definition) is 3. The fourth-order valence-electron chi connectivity index (χ4n) is 1.56. The van der Waals surface area contributed by atoms with Gasteiger partial charge in [0.2, 0.25) is 5.91 Å². The highest BCUT2D eigenvalue weighted by molar-refractivity contribution is 6.32. The van der Waals surface area contributed by atoms with E-state index >= 15 is 0 Å². The van der Waals surface area contributed by atoms with Crippen LogP contribution in [0.4, 0.5) is 0 Å². The van der Waals surface area contributed by atoms with Crippen LogP contribution in [0.3, 0.4) is 0 Å². The van der Waals surface area contributed by atoms with E-state index in [1.807, 2.05) is 13.0 Å². The van der Waals surface area contributed by atoms with Gasteiger partial charge in [-0.15, -0.1) is 0 Å². The maximum atomic E-state index is 11.8. The third kappa shape index (κ3) is 5.48. The number of carbonyl (C=O) groups excluding carboxylic acids is 2. The monoisotopic (exact) mass is 298 g/mol. The minimum absolute atomic E-state index is 0.249. The second kappa shape index (κ2) is 7.75. The summed E-state index contributed by atoms with van der Waals surface area (Å²) in [5.74, 6) is -0.159. The first kappa shape index (κ1) is 16.3. The summed E-state index contributed by atoms with van der Waals surface area (Å²) in [4.78, 5) is 22.4. The maximum Gasteiger partial charge on any atom is 0.260 e. The number of rotatable bonds is 7. The Balaban J connectivity index is 2.45. The summed E-state index contributed by atoms with van der Waals surface area (Å²) in [5.41, 5.74) is 6.01. The zero-order valence-electron chi connectivity index (χ0n) is 11.6. The Morgan fingerprint density at radius 2 is 2.15 bits per heavy atom. The van der Waals surface area contributed by atoms with Crippen LogP contribution >= 0.6 is 11.6 Å². The molecule has 0 aliphatic carbocycles. The quantitative estimate of drug-likeness (QED) is 0.753. The number of halogens is 1. The smallest absolute Gasteiger partial charge is 0.260 e. The molecule has 0 heterocycles. The molecule has 6 heteroatoms. The number of primary amides is 1. The first-order valence-electron chi connectivity index (χ1n) is 6.39. The highest BCUT2D eigenvalue weighted by Gasteiger charge is 2.15. The summed E-state index contributed by atoms with van der Waals surface area (Å²) in [5, 5.41) is 3.14. The molecule has 0 aliphatic rings. The van der Waals surface area contributed by atoms with E-state index in [0.29, 0.717) is 23.7 Å². The van der Waals surface area contributed by atoms with E-state index in [0.717, 1.165) is 5.56 Å². The largest absolute Gasteiger partial charge is 0.479 e. The zero-order chi connectivity index (χ0) is 15.1. The van der Waals surface area contributed by atoms with Gasteiger partial charge in [-0.2, -0.15) is 0 Å². The molecule has 0 bridgehead atoms. The number of nitrogens with one attached hydrogen (secondary N) is 1. The van der Waals surface area contributed by atoms with Crippen molar-refractivity contribution in [1.82, 2.24) is 5.32 Å². The molecule has 0 radical (unpaired) electrons. The van der Waals surface area contributed by atoms with E-state index in [2.05, 4.69) is 5.32 Å². The van der Waals surface area contributed by atoms with Gasteiger partial charge in [0.1, 0.15) is 5.75 Å². The van der Waals surface area contributed by atoms with Crippen LogP contribution in [-0.4, -0.2) is 24.5 Å². The van der Waals surface area contributed by atoms with E-state index in [1.54, 1.807) is 19.1 Å². The average Bonchev–Trinajstić information content (AvgIpc) is 2.38. The fraction of sp³-hybridized carbons (Fsp3) is 0.429.